The van der Waals surface area contributed by atoms with Crippen LogP contribution in [0, 0.1) is 23.7 Å². The highest BCUT2D eigenvalue weighted by Crippen LogP contribution is 2.55. The number of nitrogens with two attached hydrogens (primary N) is 1. The van der Waals surface area contributed by atoms with E-state index in [9.17, 15) is 4.79 Å². The van der Waals surface area contributed by atoms with Crippen molar-refractivity contribution in [2.75, 3.05) is 7.05 Å². The standard InChI is InChI=1S/C11H18O2.CH5N.CH4/c1-2-7-3-8-5-9(6-11(12)13)10(8)4-7;1-2;/h7-10H,2-6H2,1H3,(H,12,13);2H2,1H3;1H4/t7?,8-,9?,10?;;/m1../s1. The Balaban J connectivity index is 0.000000711. The highest BCUT2D eigenvalue weighted by Gasteiger charge is 2.47. The summed E-state index contributed by atoms with van der Waals surface area (Å²) >= 11 is 0. The lowest BCUT2D eigenvalue weighted by Crippen LogP contribution is -2.33. The van der Waals surface area contributed by atoms with Crippen LogP contribution in [-0.2, 0) is 4.79 Å². The summed E-state index contributed by atoms with van der Waals surface area (Å²) in [6.45, 7) is 2.25. The summed E-state index contributed by atoms with van der Waals surface area (Å²) in [6, 6.07) is 0. The topological polar surface area (TPSA) is 63.3 Å². The van der Waals surface area contributed by atoms with Crippen molar-refractivity contribution in [3.8, 4) is 0 Å². The van der Waals surface area contributed by atoms with Gasteiger partial charge in [0.25, 0.3) is 0 Å². The summed E-state index contributed by atoms with van der Waals surface area (Å²) in [5, 5.41) is 8.69. The zero-order valence-corrected chi connectivity index (χ0v) is 9.78. The molecule has 0 aromatic carbocycles. The van der Waals surface area contributed by atoms with Gasteiger partial charge >= 0.3 is 5.97 Å². The molecule has 4 atom stereocenters. The molecule has 2 saturated carbocycles. The normalized spacial score (nSPS) is 34.9. The van der Waals surface area contributed by atoms with E-state index in [1.165, 1.54) is 32.7 Å². The van der Waals surface area contributed by atoms with Crippen LogP contribution in [0.3, 0.4) is 0 Å². The van der Waals surface area contributed by atoms with Crippen LogP contribution < -0.4 is 5.73 Å². The van der Waals surface area contributed by atoms with Crippen molar-refractivity contribution in [2.45, 2.75) is 46.5 Å². The molecule has 0 aliphatic heterocycles. The minimum Gasteiger partial charge on any atom is -0.481 e. The fourth-order valence-electron chi connectivity index (χ4n) is 3.29. The van der Waals surface area contributed by atoms with E-state index >= 15 is 0 Å². The lowest BCUT2D eigenvalue weighted by molar-refractivity contribution is -0.140. The zero-order chi connectivity index (χ0) is 11.4. The minimum atomic E-state index is -0.608. The summed E-state index contributed by atoms with van der Waals surface area (Å²) < 4.78 is 0. The Labute approximate surface area is 99.4 Å². The number of hydrogen-bond acceptors (Lipinski definition) is 2. The van der Waals surface area contributed by atoms with E-state index in [2.05, 4.69) is 12.7 Å². The first kappa shape index (κ1) is 15.4. The summed E-state index contributed by atoms with van der Waals surface area (Å²) in [7, 11) is 1.50. The third kappa shape index (κ3) is 3.21. The Morgan fingerprint density at radius 3 is 2.44 bits per heavy atom. The molecule has 16 heavy (non-hydrogen) atoms. The summed E-state index contributed by atoms with van der Waals surface area (Å²) in [4.78, 5) is 10.5. The maximum Gasteiger partial charge on any atom is 0.303 e. The molecule has 96 valence electrons. The second-order valence-corrected chi connectivity index (χ2v) is 4.76. The maximum atomic E-state index is 10.5. The van der Waals surface area contributed by atoms with Crippen molar-refractivity contribution >= 4 is 5.97 Å². The average Bonchev–Trinajstić information content (AvgIpc) is 2.55. The molecule has 0 aromatic heterocycles. The van der Waals surface area contributed by atoms with Crippen LogP contribution in [0.1, 0.15) is 46.5 Å². The lowest BCUT2D eigenvalue weighted by atomic mass is 9.65. The van der Waals surface area contributed by atoms with Crippen molar-refractivity contribution in [3.05, 3.63) is 0 Å². The van der Waals surface area contributed by atoms with Gasteiger partial charge in [0.15, 0.2) is 0 Å². The number of rotatable bonds is 3. The van der Waals surface area contributed by atoms with Crippen LogP contribution in [0.5, 0.6) is 0 Å². The number of fused-ring (bicyclic) bond motifs is 1. The molecule has 0 amide bonds. The molecule has 0 bridgehead atoms. The summed E-state index contributed by atoms with van der Waals surface area (Å²) in [5.41, 5.74) is 4.50. The van der Waals surface area contributed by atoms with Gasteiger partial charge in [0, 0.05) is 6.42 Å². The van der Waals surface area contributed by atoms with Crippen molar-refractivity contribution in [3.63, 3.8) is 0 Å². The highest BCUT2D eigenvalue weighted by atomic mass is 16.4. The third-order valence-electron chi connectivity index (χ3n) is 4.07. The Bertz CT molecular complexity index is 218. The molecule has 0 radical (unpaired) electrons. The van der Waals surface area contributed by atoms with Gasteiger partial charge in [0.2, 0.25) is 0 Å². The monoisotopic (exact) mass is 229 g/mol. The van der Waals surface area contributed by atoms with Crippen LogP contribution in [0.25, 0.3) is 0 Å². The molecule has 0 aromatic rings. The Morgan fingerprint density at radius 2 is 1.94 bits per heavy atom. The largest absolute Gasteiger partial charge is 0.481 e. The van der Waals surface area contributed by atoms with E-state index in [4.69, 9.17) is 5.11 Å². The SMILES string of the molecule is C.CCC1CC2C(CC(=O)O)C[C@H]2C1.CN. The van der Waals surface area contributed by atoms with E-state index in [-0.39, 0.29) is 7.43 Å². The minimum absolute atomic E-state index is 0. The van der Waals surface area contributed by atoms with E-state index < -0.39 is 5.97 Å². The first-order valence-corrected chi connectivity index (χ1v) is 6.00. The molecule has 3 nitrogen and oxygen atoms in total. The third-order valence-corrected chi connectivity index (χ3v) is 4.07. The summed E-state index contributed by atoms with van der Waals surface area (Å²) in [6.07, 6.45) is 5.56. The number of hydrogen-bond donors (Lipinski definition) is 2. The number of carboxylic acid groups (broad SMARTS) is 1. The Hall–Kier alpha value is -0.570. The van der Waals surface area contributed by atoms with E-state index in [1.54, 1.807) is 0 Å². The fourth-order valence-corrected chi connectivity index (χ4v) is 3.29. The van der Waals surface area contributed by atoms with Crippen LogP contribution in [-0.4, -0.2) is 18.1 Å². The maximum absolute atomic E-state index is 10.5. The van der Waals surface area contributed by atoms with Crippen LogP contribution in [0.15, 0.2) is 0 Å². The lowest BCUT2D eigenvalue weighted by Gasteiger charge is -2.39. The summed E-state index contributed by atoms with van der Waals surface area (Å²) in [5.74, 6) is 2.45. The van der Waals surface area contributed by atoms with Gasteiger partial charge < -0.3 is 10.8 Å². The predicted octanol–water partition coefficient (Wildman–Crippen LogP) is 2.74. The second-order valence-electron chi connectivity index (χ2n) is 4.76. The first-order valence-electron chi connectivity index (χ1n) is 6.00. The highest BCUT2D eigenvalue weighted by molar-refractivity contribution is 5.67. The van der Waals surface area contributed by atoms with Gasteiger partial charge in [0.1, 0.15) is 0 Å². The van der Waals surface area contributed by atoms with E-state index in [1.807, 2.05) is 0 Å². The smallest absolute Gasteiger partial charge is 0.303 e. The molecule has 3 N–H and O–H groups in total. The van der Waals surface area contributed by atoms with Gasteiger partial charge in [0.05, 0.1) is 0 Å². The number of carbonyl (C=O) groups is 1. The molecule has 0 spiro atoms. The van der Waals surface area contributed by atoms with Gasteiger partial charge in [-0.3, -0.25) is 4.79 Å². The molecule has 3 heteroatoms. The molecular formula is C13H27NO2. The van der Waals surface area contributed by atoms with E-state index in [0.717, 1.165) is 17.8 Å². The number of carboxylic acids is 1. The average molecular weight is 229 g/mol. The molecule has 2 fully saturated rings. The van der Waals surface area contributed by atoms with Crippen molar-refractivity contribution in [1.82, 2.24) is 0 Å². The van der Waals surface area contributed by atoms with Gasteiger partial charge in [-0.2, -0.15) is 0 Å². The Kier molecular flexibility index (Phi) is 6.65. The van der Waals surface area contributed by atoms with Gasteiger partial charge in [-0.1, -0.05) is 20.8 Å². The molecule has 0 saturated heterocycles. The second kappa shape index (κ2) is 6.89. The number of aliphatic carboxylic acids is 1. The molecule has 2 rings (SSSR count). The van der Waals surface area contributed by atoms with Gasteiger partial charge in [-0.25, -0.2) is 0 Å². The molecule has 3 unspecified atom stereocenters. The molecule has 2 aliphatic carbocycles. The predicted molar refractivity (Wildman–Crippen MR) is 67.2 cm³/mol. The fraction of sp³-hybridized carbons (Fsp3) is 0.923. The van der Waals surface area contributed by atoms with Crippen molar-refractivity contribution in [1.29, 1.82) is 0 Å². The van der Waals surface area contributed by atoms with Crippen LogP contribution in [0.2, 0.25) is 0 Å². The first-order chi connectivity index (χ1) is 7.20. The van der Waals surface area contributed by atoms with Crippen molar-refractivity contribution < 1.29 is 9.90 Å². The van der Waals surface area contributed by atoms with Gasteiger partial charge in [-0.15, -0.1) is 0 Å². The molecule has 2 aliphatic rings. The van der Waals surface area contributed by atoms with E-state index in [0.29, 0.717) is 12.3 Å². The van der Waals surface area contributed by atoms with Gasteiger partial charge in [-0.05, 0) is 50.0 Å². The molecular weight excluding hydrogens is 202 g/mol. The van der Waals surface area contributed by atoms with Crippen molar-refractivity contribution in [2.24, 2.45) is 29.4 Å². The molecule has 0 heterocycles. The Morgan fingerprint density at radius 1 is 1.31 bits per heavy atom. The zero-order valence-electron chi connectivity index (χ0n) is 9.78. The van der Waals surface area contributed by atoms with Crippen LogP contribution in [0.4, 0.5) is 0 Å². The quantitative estimate of drug-likeness (QED) is 0.782. The van der Waals surface area contributed by atoms with Crippen LogP contribution >= 0.6 is 0 Å².